The average molecular weight is 374 g/mol. The van der Waals surface area contributed by atoms with E-state index in [1.54, 1.807) is 0 Å². The smallest absolute Gasteiger partial charge is 0.106 e. The van der Waals surface area contributed by atoms with E-state index in [2.05, 4.69) is 51.6 Å². The molecule has 1 aromatic heterocycles. The van der Waals surface area contributed by atoms with Gasteiger partial charge in [0.05, 0.1) is 23.3 Å². The summed E-state index contributed by atoms with van der Waals surface area (Å²) in [6, 6.07) is 8.27. The first-order valence-electron chi connectivity index (χ1n) is 8.53. The van der Waals surface area contributed by atoms with Crippen LogP contribution in [-0.2, 0) is 6.54 Å². The van der Waals surface area contributed by atoms with Crippen molar-refractivity contribution >= 4 is 34.2 Å². The summed E-state index contributed by atoms with van der Waals surface area (Å²) in [4.78, 5) is 5.19. The van der Waals surface area contributed by atoms with Crippen LogP contribution in [0.4, 0.5) is 5.69 Å². The number of allylic oxidation sites excluding steroid dienone is 1. The van der Waals surface area contributed by atoms with Crippen LogP contribution in [0.5, 0.6) is 0 Å². The van der Waals surface area contributed by atoms with Gasteiger partial charge in [0.1, 0.15) is 6.17 Å². The Bertz CT molecular complexity index is 861. The Balaban J connectivity index is 1.73. The van der Waals surface area contributed by atoms with Crippen LogP contribution >= 0.6 is 22.9 Å². The van der Waals surface area contributed by atoms with Crippen LogP contribution in [-0.4, -0.2) is 19.4 Å². The van der Waals surface area contributed by atoms with E-state index in [0.717, 1.165) is 30.3 Å². The van der Waals surface area contributed by atoms with E-state index < -0.39 is 0 Å². The number of benzene rings is 1. The number of thiophene rings is 1. The molecule has 1 fully saturated rings. The van der Waals surface area contributed by atoms with Crippen LogP contribution in [0.1, 0.15) is 33.8 Å². The molecular weight excluding hydrogens is 354 g/mol. The number of hydrazine groups is 1. The molecule has 0 saturated carbocycles. The molecule has 7 heteroatoms. The van der Waals surface area contributed by atoms with Crippen molar-refractivity contribution in [1.82, 2.24) is 21.5 Å². The van der Waals surface area contributed by atoms with Gasteiger partial charge in [0.25, 0.3) is 0 Å². The number of anilines is 1. The Morgan fingerprint density at radius 1 is 1.28 bits per heavy atom. The van der Waals surface area contributed by atoms with Gasteiger partial charge in [0.15, 0.2) is 0 Å². The number of nitrogens with one attached hydrogen (secondary N) is 4. The summed E-state index contributed by atoms with van der Waals surface area (Å²) in [7, 11) is 0. The molecule has 3 aliphatic rings. The van der Waals surface area contributed by atoms with Crippen LogP contribution in [0, 0.1) is 0 Å². The van der Waals surface area contributed by atoms with Gasteiger partial charge in [0.2, 0.25) is 0 Å². The molecule has 2 atom stereocenters. The minimum atomic E-state index is 0.111. The zero-order valence-corrected chi connectivity index (χ0v) is 15.5. The van der Waals surface area contributed by atoms with E-state index in [4.69, 9.17) is 11.6 Å². The van der Waals surface area contributed by atoms with Crippen LogP contribution < -0.4 is 26.4 Å². The molecule has 0 amide bonds. The maximum atomic E-state index is 6.55. The van der Waals surface area contributed by atoms with Gasteiger partial charge < -0.3 is 15.5 Å². The molecule has 0 spiro atoms. The molecule has 2 unspecified atom stereocenters. The zero-order valence-electron chi connectivity index (χ0n) is 13.9. The van der Waals surface area contributed by atoms with Gasteiger partial charge in [-0.2, -0.15) is 0 Å². The van der Waals surface area contributed by atoms with Crippen molar-refractivity contribution in [2.75, 3.05) is 18.1 Å². The number of fused-ring (bicyclic) bond motifs is 5. The van der Waals surface area contributed by atoms with Crippen LogP contribution in [0.2, 0.25) is 5.02 Å². The molecule has 25 heavy (non-hydrogen) atoms. The van der Waals surface area contributed by atoms with Crippen molar-refractivity contribution < 1.29 is 0 Å². The zero-order chi connectivity index (χ0) is 17.0. The monoisotopic (exact) mass is 373 g/mol. The lowest BCUT2D eigenvalue weighted by Crippen LogP contribution is -2.43. The molecule has 5 nitrogen and oxygen atoms in total. The maximum absolute atomic E-state index is 6.55. The Labute approximate surface area is 156 Å². The summed E-state index contributed by atoms with van der Waals surface area (Å²) in [5.74, 6) is 0. The Kier molecular flexibility index (Phi) is 3.76. The van der Waals surface area contributed by atoms with Gasteiger partial charge in [-0.1, -0.05) is 29.8 Å². The third-order valence-electron chi connectivity index (χ3n) is 5.13. The molecule has 4 N–H and O–H groups in total. The van der Waals surface area contributed by atoms with E-state index >= 15 is 0 Å². The predicted molar refractivity (Wildman–Crippen MR) is 104 cm³/mol. The molecule has 4 heterocycles. The first-order chi connectivity index (χ1) is 12.2. The van der Waals surface area contributed by atoms with Crippen LogP contribution in [0.15, 0.2) is 30.5 Å². The minimum Gasteiger partial charge on any atom is -0.386 e. The largest absolute Gasteiger partial charge is 0.386 e. The number of hydrogen-bond acceptors (Lipinski definition) is 6. The summed E-state index contributed by atoms with van der Waals surface area (Å²) in [6.45, 7) is 4.73. The molecule has 2 aromatic rings. The van der Waals surface area contributed by atoms with Crippen LogP contribution in [0.25, 0.3) is 5.57 Å². The molecule has 5 rings (SSSR count). The fraction of sp³-hybridized carbons (Fsp3) is 0.333. The van der Waals surface area contributed by atoms with Gasteiger partial charge in [0, 0.05) is 34.8 Å². The molecule has 0 aliphatic carbocycles. The SMILES string of the molecule is CC1=CNCc2sc3c(c21)N1CNNC1CNC3c1ccccc1Cl. The summed E-state index contributed by atoms with van der Waals surface area (Å²) in [6.07, 6.45) is 2.36. The van der Waals surface area contributed by atoms with Crippen molar-refractivity contribution in [2.24, 2.45) is 0 Å². The van der Waals surface area contributed by atoms with Gasteiger partial charge >= 0.3 is 0 Å². The van der Waals surface area contributed by atoms with Gasteiger partial charge in [-0.15, -0.1) is 11.3 Å². The molecule has 0 bridgehead atoms. The maximum Gasteiger partial charge on any atom is 0.106 e. The minimum absolute atomic E-state index is 0.111. The predicted octanol–water partition coefficient (Wildman–Crippen LogP) is 2.76. The summed E-state index contributed by atoms with van der Waals surface area (Å²) < 4.78 is 0. The van der Waals surface area contributed by atoms with Crippen molar-refractivity contribution in [3.63, 3.8) is 0 Å². The molecule has 1 aromatic carbocycles. The standard InChI is InChI=1S/C18H20ClN5S/c1-10-6-20-7-13-15(10)17-18(25-13)16(11-4-2-3-5-12(11)19)21-8-14-23-22-9-24(14)17/h2-6,14,16,20-23H,7-9H2,1H3. The topological polar surface area (TPSA) is 51.4 Å². The lowest BCUT2D eigenvalue weighted by atomic mass is 9.99. The Hall–Kier alpha value is -1.57. The first-order valence-corrected chi connectivity index (χ1v) is 9.72. The lowest BCUT2D eigenvalue weighted by molar-refractivity contribution is 0.498. The molecule has 0 radical (unpaired) electrons. The van der Waals surface area contributed by atoms with E-state index in [0.29, 0.717) is 0 Å². The van der Waals surface area contributed by atoms with E-state index in [-0.39, 0.29) is 12.2 Å². The third-order valence-corrected chi connectivity index (χ3v) is 6.72. The van der Waals surface area contributed by atoms with Gasteiger partial charge in [-0.25, -0.2) is 10.9 Å². The van der Waals surface area contributed by atoms with Crippen molar-refractivity contribution in [3.05, 3.63) is 56.4 Å². The summed E-state index contributed by atoms with van der Waals surface area (Å²) in [5.41, 5.74) is 11.8. The number of rotatable bonds is 1. The highest BCUT2D eigenvalue weighted by Gasteiger charge is 2.38. The molecule has 1 saturated heterocycles. The number of hydrogen-bond donors (Lipinski definition) is 4. The number of halogens is 1. The highest BCUT2D eigenvalue weighted by Crippen LogP contribution is 2.48. The highest BCUT2D eigenvalue weighted by atomic mass is 35.5. The second kappa shape index (κ2) is 6.00. The number of nitrogens with zero attached hydrogens (tertiary/aromatic N) is 1. The molecule has 3 aliphatic heterocycles. The normalized spacial score (nSPS) is 24.7. The second-order valence-electron chi connectivity index (χ2n) is 6.65. The fourth-order valence-corrected chi connectivity index (χ4v) is 5.65. The summed E-state index contributed by atoms with van der Waals surface area (Å²) in [5, 5.41) is 7.94. The lowest BCUT2D eigenvalue weighted by Gasteiger charge is -2.25. The van der Waals surface area contributed by atoms with Crippen molar-refractivity contribution in [2.45, 2.75) is 25.7 Å². The van der Waals surface area contributed by atoms with Gasteiger partial charge in [-0.3, -0.25) is 0 Å². The first kappa shape index (κ1) is 15.7. The fourth-order valence-electron chi connectivity index (χ4n) is 3.98. The van der Waals surface area contributed by atoms with Gasteiger partial charge in [-0.05, 0) is 24.1 Å². The Morgan fingerprint density at radius 2 is 2.16 bits per heavy atom. The van der Waals surface area contributed by atoms with Crippen molar-refractivity contribution in [3.8, 4) is 0 Å². The van der Waals surface area contributed by atoms with E-state index in [9.17, 15) is 0 Å². The second-order valence-corrected chi connectivity index (χ2v) is 8.19. The van der Waals surface area contributed by atoms with Crippen LogP contribution in [0.3, 0.4) is 0 Å². The van der Waals surface area contributed by atoms with E-state index in [1.807, 2.05) is 23.5 Å². The summed E-state index contributed by atoms with van der Waals surface area (Å²) >= 11 is 8.45. The molecule has 130 valence electrons. The quantitative estimate of drug-likeness (QED) is 0.619. The van der Waals surface area contributed by atoms with E-state index in [1.165, 1.54) is 26.6 Å². The third kappa shape index (κ3) is 2.40. The molecular formula is C18H20ClN5S. The van der Waals surface area contributed by atoms with Crippen molar-refractivity contribution in [1.29, 1.82) is 0 Å². The average Bonchev–Trinajstić information content (AvgIpc) is 3.18. The highest BCUT2D eigenvalue weighted by molar-refractivity contribution is 7.13. The Morgan fingerprint density at radius 3 is 3.04 bits per heavy atom.